The third kappa shape index (κ3) is 4.48. The quantitative estimate of drug-likeness (QED) is 0.664. The van der Waals surface area contributed by atoms with Crippen molar-refractivity contribution in [3.63, 3.8) is 0 Å². The molecule has 0 bridgehead atoms. The lowest BCUT2D eigenvalue weighted by Gasteiger charge is -2.17. The molecule has 0 fully saturated rings. The number of aliphatic hydroxyl groups excluding tert-OH is 1. The molecule has 2 heterocycles. The third-order valence-corrected chi connectivity index (χ3v) is 5.61. The van der Waals surface area contributed by atoms with Gasteiger partial charge in [-0.15, -0.1) is 22.7 Å². The summed E-state index contributed by atoms with van der Waals surface area (Å²) in [5.74, 6) is 0. The van der Waals surface area contributed by atoms with Crippen molar-refractivity contribution in [2.45, 2.75) is 32.0 Å². The maximum atomic E-state index is 10.3. The van der Waals surface area contributed by atoms with E-state index in [0.29, 0.717) is 6.42 Å². The van der Waals surface area contributed by atoms with Crippen molar-refractivity contribution >= 4 is 22.7 Å². The van der Waals surface area contributed by atoms with Crippen LogP contribution in [-0.4, -0.2) is 16.1 Å². The first-order chi connectivity index (χ1) is 11.2. The number of hydrogen-bond acceptors (Lipinski definition) is 5. The van der Waals surface area contributed by atoms with Gasteiger partial charge in [0.2, 0.25) is 0 Å². The molecule has 0 spiro atoms. The second kappa shape index (κ2) is 7.84. The number of nitrogens with zero attached hydrogens (tertiary/aromatic N) is 1. The molecule has 0 aliphatic heterocycles. The van der Waals surface area contributed by atoms with Gasteiger partial charge in [0.1, 0.15) is 5.01 Å². The first-order valence-electron chi connectivity index (χ1n) is 7.67. The summed E-state index contributed by atoms with van der Waals surface area (Å²) < 4.78 is 0. The number of rotatable bonds is 7. The van der Waals surface area contributed by atoms with Gasteiger partial charge in [-0.3, -0.25) is 0 Å². The van der Waals surface area contributed by atoms with Crippen LogP contribution in [0.15, 0.2) is 53.2 Å². The van der Waals surface area contributed by atoms with Gasteiger partial charge < -0.3 is 10.4 Å². The first kappa shape index (κ1) is 16.3. The summed E-state index contributed by atoms with van der Waals surface area (Å²) in [4.78, 5) is 5.88. The minimum atomic E-state index is -0.434. The fourth-order valence-electron chi connectivity index (χ4n) is 2.41. The van der Waals surface area contributed by atoms with E-state index in [9.17, 15) is 5.11 Å². The Morgan fingerprint density at radius 2 is 1.96 bits per heavy atom. The van der Waals surface area contributed by atoms with Crippen molar-refractivity contribution in [1.82, 2.24) is 10.3 Å². The molecule has 2 aromatic heterocycles. The molecule has 0 radical (unpaired) electrons. The molecule has 2 atom stereocenters. The second-order valence-electron chi connectivity index (χ2n) is 5.57. The molecule has 5 heteroatoms. The molecule has 1 aromatic carbocycles. The Morgan fingerprint density at radius 3 is 2.70 bits per heavy atom. The molecular formula is C18H20N2OS2. The number of benzene rings is 1. The minimum absolute atomic E-state index is 0.220. The van der Waals surface area contributed by atoms with Gasteiger partial charge in [-0.2, -0.15) is 0 Å². The van der Waals surface area contributed by atoms with Crippen LogP contribution in [0.2, 0.25) is 0 Å². The fourth-order valence-corrected chi connectivity index (χ4v) is 4.04. The highest BCUT2D eigenvalue weighted by Crippen LogP contribution is 2.27. The number of aromatic nitrogens is 1. The molecule has 0 aliphatic rings. The average molecular weight is 345 g/mol. The molecule has 120 valence electrons. The predicted octanol–water partition coefficient (Wildman–Crippen LogP) is 4.47. The molecule has 0 saturated carbocycles. The molecule has 0 amide bonds. The van der Waals surface area contributed by atoms with Crippen LogP contribution in [0.4, 0.5) is 0 Å². The summed E-state index contributed by atoms with van der Waals surface area (Å²) in [5, 5.41) is 19.0. The van der Waals surface area contributed by atoms with Crippen molar-refractivity contribution in [3.05, 3.63) is 64.5 Å². The van der Waals surface area contributed by atoms with Crippen LogP contribution >= 0.6 is 22.7 Å². The van der Waals surface area contributed by atoms with Gasteiger partial charge in [0, 0.05) is 18.0 Å². The van der Waals surface area contributed by atoms with E-state index in [1.54, 1.807) is 22.7 Å². The van der Waals surface area contributed by atoms with Gasteiger partial charge in [-0.05, 0) is 30.4 Å². The second-order valence-corrected chi connectivity index (χ2v) is 7.37. The van der Waals surface area contributed by atoms with E-state index < -0.39 is 6.10 Å². The zero-order valence-electron chi connectivity index (χ0n) is 13.0. The van der Waals surface area contributed by atoms with Crippen LogP contribution in [0.25, 0.3) is 9.88 Å². The monoisotopic (exact) mass is 344 g/mol. The van der Waals surface area contributed by atoms with Gasteiger partial charge in [-0.1, -0.05) is 36.4 Å². The van der Waals surface area contributed by atoms with Crippen LogP contribution in [0.5, 0.6) is 0 Å². The summed E-state index contributed by atoms with van der Waals surface area (Å²) >= 11 is 3.39. The Morgan fingerprint density at radius 1 is 1.13 bits per heavy atom. The Bertz CT molecular complexity index is 710. The molecule has 3 nitrogen and oxygen atoms in total. The van der Waals surface area contributed by atoms with Crippen molar-refractivity contribution in [2.75, 3.05) is 0 Å². The SMILES string of the molecule is CC(CC(O)c1ccccc1)NCc1csc(-c2cccs2)n1. The molecule has 2 N–H and O–H groups in total. The molecule has 23 heavy (non-hydrogen) atoms. The van der Waals surface area contributed by atoms with Crippen molar-refractivity contribution < 1.29 is 5.11 Å². The lowest BCUT2D eigenvalue weighted by Crippen LogP contribution is -2.27. The van der Waals surface area contributed by atoms with E-state index >= 15 is 0 Å². The third-order valence-electron chi connectivity index (χ3n) is 3.68. The number of hydrogen-bond donors (Lipinski definition) is 2. The van der Waals surface area contributed by atoms with E-state index in [0.717, 1.165) is 22.8 Å². The van der Waals surface area contributed by atoms with E-state index in [1.807, 2.05) is 36.4 Å². The van der Waals surface area contributed by atoms with Crippen LogP contribution < -0.4 is 5.32 Å². The summed E-state index contributed by atoms with van der Waals surface area (Å²) in [6.07, 6.45) is 0.252. The van der Waals surface area contributed by atoms with Crippen LogP contribution in [0.1, 0.15) is 30.7 Å². The van der Waals surface area contributed by atoms with E-state index in [1.165, 1.54) is 4.88 Å². The summed E-state index contributed by atoms with van der Waals surface area (Å²) in [5.41, 5.74) is 2.02. The smallest absolute Gasteiger partial charge is 0.133 e. The number of nitrogens with one attached hydrogen (secondary N) is 1. The molecular weight excluding hydrogens is 324 g/mol. The van der Waals surface area contributed by atoms with Crippen LogP contribution in [0, 0.1) is 0 Å². The topological polar surface area (TPSA) is 45.1 Å². The summed E-state index contributed by atoms with van der Waals surface area (Å²) in [6.45, 7) is 2.82. The minimum Gasteiger partial charge on any atom is -0.388 e. The fraction of sp³-hybridized carbons (Fsp3) is 0.278. The van der Waals surface area contributed by atoms with Crippen LogP contribution in [-0.2, 0) is 6.54 Å². The summed E-state index contributed by atoms with van der Waals surface area (Å²) in [6, 6.07) is 14.2. The highest BCUT2D eigenvalue weighted by molar-refractivity contribution is 7.20. The van der Waals surface area contributed by atoms with Gasteiger partial charge in [0.05, 0.1) is 16.7 Å². The molecule has 0 saturated heterocycles. The Kier molecular flexibility index (Phi) is 5.56. The van der Waals surface area contributed by atoms with Crippen molar-refractivity contribution in [1.29, 1.82) is 0 Å². The normalized spacial score (nSPS) is 13.8. The highest BCUT2D eigenvalue weighted by atomic mass is 32.1. The highest BCUT2D eigenvalue weighted by Gasteiger charge is 2.12. The summed E-state index contributed by atoms with van der Waals surface area (Å²) in [7, 11) is 0. The van der Waals surface area contributed by atoms with Gasteiger partial charge >= 0.3 is 0 Å². The van der Waals surface area contributed by atoms with Gasteiger partial charge in [0.25, 0.3) is 0 Å². The Labute approximate surface area is 144 Å². The van der Waals surface area contributed by atoms with Gasteiger partial charge in [-0.25, -0.2) is 4.98 Å². The average Bonchev–Trinajstić information content (AvgIpc) is 3.25. The largest absolute Gasteiger partial charge is 0.388 e. The van der Waals surface area contributed by atoms with E-state index in [-0.39, 0.29) is 6.04 Å². The number of thiazole rings is 1. The van der Waals surface area contributed by atoms with E-state index in [4.69, 9.17) is 0 Å². The Balaban J connectivity index is 1.50. The molecule has 0 aliphatic carbocycles. The predicted molar refractivity (Wildman–Crippen MR) is 97.7 cm³/mol. The molecule has 2 unspecified atom stereocenters. The number of aliphatic hydroxyl groups is 1. The maximum absolute atomic E-state index is 10.3. The lowest BCUT2D eigenvalue weighted by molar-refractivity contribution is 0.154. The Hall–Kier alpha value is -1.53. The van der Waals surface area contributed by atoms with Crippen molar-refractivity contribution in [3.8, 4) is 9.88 Å². The maximum Gasteiger partial charge on any atom is 0.133 e. The van der Waals surface area contributed by atoms with E-state index in [2.05, 4.69) is 34.1 Å². The van der Waals surface area contributed by atoms with Crippen molar-refractivity contribution in [2.24, 2.45) is 0 Å². The zero-order valence-corrected chi connectivity index (χ0v) is 14.6. The number of thiophene rings is 1. The molecule has 3 aromatic rings. The standard InChI is InChI=1S/C18H20N2OS2/c1-13(10-16(21)14-6-3-2-4-7-14)19-11-15-12-23-18(20-15)17-8-5-9-22-17/h2-9,12-13,16,19,21H,10-11H2,1H3. The zero-order chi connectivity index (χ0) is 16.1. The van der Waals surface area contributed by atoms with Gasteiger partial charge in [0.15, 0.2) is 0 Å². The first-order valence-corrected chi connectivity index (χ1v) is 9.43. The van der Waals surface area contributed by atoms with Crippen LogP contribution in [0.3, 0.4) is 0 Å². The lowest BCUT2D eigenvalue weighted by atomic mass is 10.0. The molecule has 3 rings (SSSR count).